The van der Waals surface area contributed by atoms with Crippen LogP contribution < -0.4 is 5.32 Å². The first-order chi connectivity index (χ1) is 14.9. The van der Waals surface area contributed by atoms with Gasteiger partial charge in [0.1, 0.15) is 17.6 Å². The molecule has 0 amide bonds. The molecule has 32 heavy (non-hydrogen) atoms. The lowest BCUT2D eigenvalue weighted by atomic mass is 10.0. The highest BCUT2D eigenvalue weighted by Crippen LogP contribution is 2.22. The molecule has 1 heterocycles. The Morgan fingerprint density at radius 1 is 1.19 bits per heavy atom. The fraction of sp³-hybridized carbons (Fsp3) is 0.522. The molecule has 0 fully saturated rings. The number of esters is 1. The lowest BCUT2D eigenvalue weighted by Crippen LogP contribution is -2.44. The maximum absolute atomic E-state index is 12.7. The molecule has 0 saturated heterocycles. The van der Waals surface area contributed by atoms with E-state index in [2.05, 4.69) is 10.3 Å². The van der Waals surface area contributed by atoms with Gasteiger partial charge in [0.15, 0.2) is 0 Å². The fourth-order valence-electron chi connectivity index (χ4n) is 3.34. The Hall–Kier alpha value is -2.09. The molecule has 1 aromatic heterocycles. The minimum atomic E-state index is -1.02. The lowest BCUT2D eigenvalue weighted by molar-refractivity contribution is -0.158. The number of halogens is 2. The molecule has 0 aliphatic carbocycles. The first kappa shape index (κ1) is 26.2. The van der Waals surface area contributed by atoms with Crippen LogP contribution in [-0.2, 0) is 20.9 Å². The van der Waals surface area contributed by atoms with Gasteiger partial charge in [0.2, 0.25) is 0 Å². The maximum Gasteiger partial charge on any atom is 0.323 e. The second-order valence-corrected chi connectivity index (χ2v) is 10.1. The van der Waals surface area contributed by atoms with E-state index in [0.29, 0.717) is 28.7 Å². The molecule has 0 aliphatic heterocycles. The van der Waals surface area contributed by atoms with Crippen LogP contribution in [0.4, 0.5) is 0 Å². The number of hydrogen-bond acceptors (Lipinski definition) is 5. The van der Waals surface area contributed by atoms with Crippen molar-refractivity contribution in [3.05, 3.63) is 52.0 Å². The normalized spacial score (nSPS) is 13.8. The van der Waals surface area contributed by atoms with Crippen molar-refractivity contribution in [3.63, 3.8) is 0 Å². The predicted molar refractivity (Wildman–Crippen MR) is 125 cm³/mol. The van der Waals surface area contributed by atoms with Crippen molar-refractivity contribution in [2.45, 2.75) is 65.1 Å². The summed E-state index contributed by atoms with van der Waals surface area (Å²) in [5.74, 6) is -2.10. The number of benzene rings is 1. The summed E-state index contributed by atoms with van der Waals surface area (Å²) in [5, 5.41) is 14.0. The van der Waals surface area contributed by atoms with Gasteiger partial charge in [0, 0.05) is 29.3 Å². The van der Waals surface area contributed by atoms with Gasteiger partial charge in [-0.15, -0.1) is 0 Å². The highest BCUT2D eigenvalue weighted by atomic mass is 35.5. The first-order valence-corrected chi connectivity index (χ1v) is 11.3. The number of nitrogens with zero attached hydrogens (tertiary/aromatic N) is 2. The standard InChI is InChI=1S/C23H31Cl2N3O4/c1-14(2)6-19(22(31)32-23(3,4)5)27-10-18(21(29)30)20-11-26-13-28(20)12-15-7-16(24)9-17(25)8-15/h7-9,11,13-14,18-19,27H,6,10,12H2,1-5H3,(H,29,30). The van der Waals surface area contributed by atoms with Crippen molar-refractivity contribution in [1.82, 2.24) is 14.9 Å². The van der Waals surface area contributed by atoms with E-state index in [1.807, 2.05) is 13.8 Å². The summed E-state index contributed by atoms with van der Waals surface area (Å²) in [7, 11) is 0. The summed E-state index contributed by atoms with van der Waals surface area (Å²) in [6, 6.07) is 4.56. The quantitative estimate of drug-likeness (QED) is 0.473. The van der Waals surface area contributed by atoms with Crippen LogP contribution in [0.2, 0.25) is 10.0 Å². The topological polar surface area (TPSA) is 93.5 Å². The van der Waals surface area contributed by atoms with Crippen molar-refractivity contribution < 1.29 is 19.4 Å². The Labute approximate surface area is 199 Å². The number of aliphatic carboxylic acids is 1. The van der Waals surface area contributed by atoms with Gasteiger partial charge >= 0.3 is 11.9 Å². The number of hydrogen-bond donors (Lipinski definition) is 2. The summed E-state index contributed by atoms with van der Waals surface area (Å²) in [6.07, 6.45) is 3.62. The number of carboxylic acids is 1. The molecular weight excluding hydrogens is 453 g/mol. The Morgan fingerprint density at radius 3 is 2.34 bits per heavy atom. The van der Waals surface area contributed by atoms with Crippen LogP contribution in [-0.4, -0.2) is 44.8 Å². The number of aromatic nitrogens is 2. The van der Waals surface area contributed by atoms with Crippen LogP contribution in [0.5, 0.6) is 0 Å². The Kier molecular flexibility index (Phi) is 9.13. The van der Waals surface area contributed by atoms with E-state index >= 15 is 0 Å². The summed E-state index contributed by atoms with van der Waals surface area (Å²) in [4.78, 5) is 28.9. The number of ether oxygens (including phenoxy) is 1. The molecule has 176 valence electrons. The summed E-state index contributed by atoms with van der Waals surface area (Å²) >= 11 is 12.2. The van der Waals surface area contributed by atoms with Crippen LogP contribution in [0, 0.1) is 5.92 Å². The van der Waals surface area contributed by atoms with Gasteiger partial charge in [-0.05, 0) is 56.9 Å². The van der Waals surface area contributed by atoms with E-state index in [4.69, 9.17) is 27.9 Å². The average molecular weight is 484 g/mol. The SMILES string of the molecule is CC(C)CC(NCC(C(=O)O)c1cncn1Cc1cc(Cl)cc(Cl)c1)C(=O)OC(C)(C)C. The van der Waals surface area contributed by atoms with Gasteiger partial charge in [-0.2, -0.15) is 0 Å². The second-order valence-electron chi connectivity index (χ2n) is 9.24. The fourth-order valence-corrected chi connectivity index (χ4v) is 3.91. The molecule has 0 aliphatic rings. The van der Waals surface area contributed by atoms with Crippen molar-refractivity contribution in [2.24, 2.45) is 5.92 Å². The average Bonchev–Trinajstić information content (AvgIpc) is 3.05. The molecule has 2 rings (SSSR count). The molecule has 1 aromatic carbocycles. The third-order valence-corrected chi connectivity index (χ3v) is 5.08. The van der Waals surface area contributed by atoms with Crippen LogP contribution >= 0.6 is 23.2 Å². The van der Waals surface area contributed by atoms with Crippen molar-refractivity contribution in [2.75, 3.05) is 6.54 Å². The van der Waals surface area contributed by atoms with Gasteiger partial charge < -0.3 is 19.7 Å². The number of rotatable bonds is 10. The molecule has 0 saturated carbocycles. The molecule has 2 N–H and O–H groups in total. The van der Waals surface area contributed by atoms with Gasteiger partial charge in [0.25, 0.3) is 0 Å². The molecule has 2 unspecified atom stereocenters. The molecule has 0 radical (unpaired) electrons. The highest BCUT2D eigenvalue weighted by Gasteiger charge is 2.29. The van der Waals surface area contributed by atoms with Crippen LogP contribution in [0.15, 0.2) is 30.7 Å². The van der Waals surface area contributed by atoms with E-state index in [9.17, 15) is 14.7 Å². The number of carboxylic acid groups (broad SMARTS) is 1. The summed E-state index contributed by atoms with van der Waals surface area (Å²) < 4.78 is 7.26. The zero-order valence-corrected chi connectivity index (χ0v) is 20.6. The number of imidazole rings is 1. The molecular formula is C23H31Cl2N3O4. The molecule has 0 spiro atoms. The van der Waals surface area contributed by atoms with Gasteiger partial charge in [0.05, 0.1) is 12.0 Å². The zero-order chi connectivity index (χ0) is 24.1. The van der Waals surface area contributed by atoms with Crippen LogP contribution in [0.3, 0.4) is 0 Å². The highest BCUT2D eigenvalue weighted by molar-refractivity contribution is 6.34. The first-order valence-electron chi connectivity index (χ1n) is 10.5. The van der Waals surface area contributed by atoms with Crippen molar-refractivity contribution in [3.8, 4) is 0 Å². The molecule has 2 atom stereocenters. The van der Waals surface area contributed by atoms with E-state index in [1.54, 1.807) is 49.9 Å². The van der Waals surface area contributed by atoms with Gasteiger partial charge in [-0.1, -0.05) is 37.0 Å². The molecule has 2 aromatic rings. The lowest BCUT2D eigenvalue weighted by Gasteiger charge is -2.26. The van der Waals surface area contributed by atoms with E-state index in [0.717, 1.165) is 5.56 Å². The minimum absolute atomic E-state index is 0.0496. The molecule has 0 bridgehead atoms. The third kappa shape index (κ3) is 8.11. The van der Waals surface area contributed by atoms with Crippen molar-refractivity contribution >= 4 is 35.1 Å². The Bertz CT molecular complexity index is 917. The summed E-state index contributed by atoms with van der Waals surface area (Å²) in [5.41, 5.74) is 0.704. The Morgan fingerprint density at radius 2 is 1.81 bits per heavy atom. The largest absolute Gasteiger partial charge is 0.481 e. The monoisotopic (exact) mass is 483 g/mol. The minimum Gasteiger partial charge on any atom is -0.481 e. The number of carbonyl (C=O) groups excluding carboxylic acids is 1. The molecule has 9 heteroatoms. The van der Waals surface area contributed by atoms with Gasteiger partial charge in [-0.25, -0.2) is 4.98 Å². The number of nitrogens with one attached hydrogen (secondary N) is 1. The number of carbonyl (C=O) groups is 2. The van der Waals surface area contributed by atoms with Gasteiger partial charge in [-0.3, -0.25) is 9.59 Å². The van der Waals surface area contributed by atoms with Crippen molar-refractivity contribution in [1.29, 1.82) is 0 Å². The van der Waals surface area contributed by atoms with Crippen LogP contribution in [0.1, 0.15) is 58.2 Å². The second kappa shape index (κ2) is 11.2. The smallest absolute Gasteiger partial charge is 0.323 e. The zero-order valence-electron chi connectivity index (χ0n) is 19.1. The predicted octanol–water partition coefficient (Wildman–Crippen LogP) is 4.75. The Balaban J connectivity index is 2.20. The van der Waals surface area contributed by atoms with E-state index < -0.39 is 29.5 Å². The maximum atomic E-state index is 12.7. The third-order valence-electron chi connectivity index (χ3n) is 4.64. The van der Waals surface area contributed by atoms with Crippen LogP contribution in [0.25, 0.3) is 0 Å². The van der Waals surface area contributed by atoms with E-state index in [-0.39, 0.29) is 12.5 Å². The molecule has 7 nitrogen and oxygen atoms in total. The summed E-state index contributed by atoms with van der Waals surface area (Å²) in [6.45, 7) is 9.82. The van der Waals surface area contributed by atoms with E-state index in [1.165, 1.54) is 6.20 Å².